The van der Waals surface area contributed by atoms with Gasteiger partial charge in [-0.3, -0.25) is 4.98 Å². The first-order valence-electron chi connectivity index (χ1n) is 8.69. The second-order valence-electron chi connectivity index (χ2n) is 7.02. The summed E-state index contributed by atoms with van der Waals surface area (Å²) < 4.78 is 50.6. The molecular weight excluding hydrogens is 454 g/mol. The molecule has 1 unspecified atom stereocenters. The molecule has 1 N–H and O–H groups in total. The molecule has 2 aliphatic rings. The van der Waals surface area contributed by atoms with E-state index in [1.165, 1.54) is 24.5 Å². The minimum Gasteiger partial charge on any atom is -0.504 e. The number of aromatic nitrogens is 2. The van der Waals surface area contributed by atoms with Crippen LogP contribution in [-0.2, 0) is 30.3 Å². The molecule has 1 atom stereocenters. The van der Waals surface area contributed by atoms with Crippen molar-refractivity contribution < 1.29 is 26.8 Å². The maximum absolute atomic E-state index is 13.0. The topological polar surface area (TPSA) is 136 Å². The number of hydrogen-bond donors (Lipinski definition) is 1. The summed E-state index contributed by atoms with van der Waals surface area (Å²) in [4.78, 5) is 12.8. The molecule has 4 rings (SSSR count). The highest BCUT2D eigenvalue weighted by molar-refractivity contribution is 8.00. The molecule has 1 aromatic carbocycles. The third-order valence-corrected chi connectivity index (χ3v) is 8.02. The SMILES string of the molecule is CC1=NOC(c2c(S(C)(=O)=O)ccc(C3=C(O)c4nccnc4CS3(=O)=O)c2Cl)C1. The van der Waals surface area contributed by atoms with Gasteiger partial charge in [0.1, 0.15) is 10.6 Å². The average molecular weight is 470 g/mol. The third-order valence-electron chi connectivity index (χ3n) is 4.77. The molecule has 0 saturated carbocycles. The summed E-state index contributed by atoms with van der Waals surface area (Å²) in [6, 6.07) is 2.51. The second-order valence-corrected chi connectivity index (χ2v) is 11.3. The standard InChI is InChI=1S/C18H16ClN3O6S2/c1-9-7-12(28-22-9)14-13(29(2,24)25)4-3-10(15(14)19)18-17(23)16-11(8-30(18,26)27)20-5-6-21-16/h3-6,12,23H,7-8H2,1-2H3. The van der Waals surface area contributed by atoms with Crippen LogP contribution < -0.4 is 0 Å². The van der Waals surface area contributed by atoms with Gasteiger partial charge in [-0.1, -0.05) is 22.8 Å². The van der Waals surface area contributed by atoms with E-state index in [4.69, 9.17) is 16.4 Å². The predicted octanol–water partition coefficient (Wildman–Crippen LogP) is 2.68. The number of rotatable bonds is 3. The minimum absolute atomic E-state index is 0.0309. The Balaban J connectivity index is 2.01. The molecule has 2 aromatic rings. The van der Waals surface area contributed by atoms with Crippen LogP contribution in [0.2, 0.25) is 5.02 Å². The lowest BCUT2D eigenvalue weighted by Crippen LogP contribution is -2.19. The number of nitrogens with zero attached hydrogens (tertiary/aromatic N) is 3. The van der Waals surface area contributed by atoms with Gasteiger partial charge in [-0.15, -0.1) is 0 Å². The van der Waals surface area contributed by atoms with Crippen molar-refractivity contribution in [3.05, 3.63) is 52.1 Å². The van der Waals surface area contributed by atoms with E-state index in [-0.39, 0.29) is 38.9 Å². The fourth-order valence-electron chi connectivity index (χ4n) is 3.50. The lowest BCUT2D eigenvalue weighted by atomic mass is 10.0. The van der Waals surface area contributed by atoms with Crippen LogP contribution in [0.25, 0.3) is 10.7 Å². The van der Waals surface area contributed by atoms with E-state index in [2.05, 4.69) is 15.1 Å². The number of benzene rings is 1. The highest BCUT2D eigenvalue weighted by Gasteiger charge is 2.37. The summed E-state index contributed by atoms with van der Waals surface area (Å²) in [7, 11) is -7.75. The Bertz CT molecular complexity index is 1350. The van der Waals surface area contributed by atoms with Crippen LogP contribution in [0.4, 0.5) is 0 Å². The van der Waals surface area contributed by atoms with E-state index >= 15 is 0 Å². The Hall–Kier alpha value is -2.50. The Labute approximate surface area is 177 Å². The Morgan fingerprint density at radius 3 is 2.57 bits per heavy atom. The molecule has 0 fully saturated rings. The molecule has 0 radical (unpaired) electrons. The Morgan fingerprint density at radius 1 is 1.23 bits per heavy atom. The monoisotopic (exact) mass is 469 g/mol. The normalized spacial score (nSPS) is 20.5. The average Bonchev–Trinajstić information content (AvgIpc) is 3.07. The molecule has 158 valence electrons. The van der Waals surface area contributed by atoms with Crippen LogP contribution in [0, 0.1) is 0 Å². The number of oxime groups is 1. The van der Waals surface area contributed by atoms with Gasteiger partial charge < -0.3 is 9.94 Å². The quantitative estimate of drug-likeness (QED) is 0.724. The maximum Gasteiger partial charge on any atom is 0.188 e. The van der Waals surface area contributed by atoms with Crippen molar-refractivity contribution in [2.45, 2.75) is 30.1 Å². The molecule has 0 bridgehead atoms. The van der Waals surface area contributed by atoms with Gasteiger partial charge >= 0.3 is 0 Å². The maximum atomic E-state index is 13.0. The highest BCUT2D eigenvalue weighted by atomic mass is 35.5. The Morgan fingerprint density at radius 2 is 1.93 bits per heavy atom. The summed E-state index contributed by atoms with van der Waals surface area (Å²) in [6.07, 6.45) is 3.17. The van der Waals surface area contributed by atoms with Gasteiger partial charge in [0.15, 0.2) is 31.5 Å². The first kappa shape index (κ1) is 20.8. The molecule has 2 aliphatic heterocycles. The zero-order valence-corrected chi connectivity index (χ0v) is 18.2. The highest BCUT2D eigenvalue weighted by Crippen LogP contribution is 2.44. The Kier molecular flexibility index (Phi) is 4.87. The number of sulfone groups is 2. The van der Waals surface area contributed by atoms with Gasteiger partial charge in [-0.05, 0) is 13.0 Å². The van der Waals surface area contributed by atoms with Crippen molar-refractivity contribution in [1.82, 2.24) is 9.97 Å². The van der Waals surface area contributed by atoms with E-state index < -0.39 is 42.2 Å². The summed E-state index contributed by atoms with van der Waals surface area (Å²) >= 11 is 6.56. The number of hydrogen-bond acceptors (Lipinski definition) is 9. The molecule has 3 heterocycles. The van der Waals surface area contributed by atoms with Crippen molar-refractivity contribution in [2.24, 2.45) is 5.16 Å². The fraction of sp³-hybridized carbons (Fsp3) is 0.278. The van der Waals surface area contributed by atoms with E-state index in [1.807, 2.05) is 0 Å². The summed E-state index contributed by atoms with van der Waals surface area (Å²) in [5, 5.41) is 14.4. The van der Waals surface area contributed by atoms with Gasteiger partial charge in [-0.25, -0.2) is 21.8 Å². The number of halogens is 1. The molecule has 1 aromatic heterocycles. The first-order chi connectivity index (χ1) is 14.0. The molecule has 12 heteroatoms. The van der Waals surface area contributed by atoms with Gasteiger partial charge in [0.2, 0.25) is 0 Å². The van der Waals surface area contributed by atoms with Crippen LogP contribution in [0.3, 0.4) is 0 Å². The lowest BCUT2D eigenvalue weighted by molar-refractivity contribution is 0.0837. The van der Waals surface area contributed by atoms with Crippen LogP contribution in [0.1, 0.15) is 42.0 Å². The number of aliphatic hydroxyl groups excluding tert-OH is 1. The van der Waals surface area contributed by atoms with Crippen LogP contribution >= 0.6 is 11.6 Å². The third kappa shape index (κ3) is 3.36. The van der Waals surface area contributed by atoms with Crippen molar-refractivity contribution in [2.75, 3.05) is 6.26 Å². The largest absolute Gasteiger partial charge is 0.504 e. The number of fused-ring (bicyclic) bond motifs is 1. The van der Waals surface area contributed by atoms with Crippen molar-refractivity contribution in [3.63, 3.8) is 0 Å². The minimum atomic E-state index is -4.04. The summed E-state index contributed by atoms with van der Waals surface area (Å²) in [6.45, 7) is 1.72. The first-order valence-corrected chi connectivity index (χ1v) is 12.6. The van der Waals surface area contributed by atoms with E-state index in [0.717, 1.165) is 6.26 Å². The van der Waals surface area contributed by atoms with Crippen molar-refractivity contribution >= 4 is 47.7 Å². The van der Waals surface area contributed by atoms with E-state index in [1.54, 1.807) is 6.92 Å². The molecule has 9 nitrogen and oxygen atoms in total. The van der Waals surface area contributed by atoms with Gasteiger partial charge in [0.25, 0.3) is 0 Å². The summed E-state index contributed by atoms with van der Waals surface area (Å²) in [5.74, 6) is -1.07. The lowest BCUT2D eigenvalue weighted by Gasteiger charge is -2.22. The van der Waals surface area contributed by atoms with Gasteiger partial charge in [0.05, 0.1) is 27.1 Å². The molecule has 0 aliphatic carbocycles. The molecule has 0 saturated heterocycles. The smallest absolute Gasteiger partial charge is 0.188 e. The zero-order chi connectivity index (χ0) is 21.8. The second kappa shape index (κ2) is 7.03. The van der Waals surface area contributed by atoms with Crippen LogP contribution in [0.15, 0.2) is 34.6 Å². The van der Waals surface area contributed by atoms with Crippen LogP contribution in [-0.4, -0.2) is 43.9 Å². The van der Waals surface area contributed by atoms with Gasteiger partial charge in [0, 0.05) is 36.2 Å². The van der Waals surface area contributed by atoms with Crippen molar-refractivity contribution in [3.8, 4) is 0 Å². The number of aliphatic hydroxyl groups is 1. The van der Waals surface area contributed by atoms with E-state index in [9.17, 15) is 21.9 Å². The van der Waals surface area contributed by atoms with Gasteiger partial charge in [-0.2, -0.15) is 0 Å². The predicted molar refractivity (Wildman–Crippen MR) is 110 cm³/mol. The van der Waals surface area contributed by atoms with Crippen LogP contribution in [0.5, 0.6) is 0 Å². The van der Waals surface area contributed by atoms with Crippen molar-refractivity contribution in [1.29, 1.82) is 0 Å². The molecule has 0 spiro atoms. The molecule has 0 amide bonds. The fourth-order valence-corrected chi connectivity index (χ4v) is 6.55. The molecular formula is C18H16ClN3O6S2. The zero-order valence-electron chi connectivity index (χ0n) is 15.8. The van der Waals surface area contributed by atoms with E-state index in [0.29, 0.717) is 5.71 Å². The molecule has 30 heavy (non-hydrogen) atoms. The summed E-state index contributed by atoms with van der Waals surface area (Å²) in [5.41, 5.74) is 0.839.